The van der Waals surface area contributed by atoms with Crippen LogP contribution in [0.5, 0.6) is 5.75 Å². The van der Waals surface area contributed by atoms with Crippen molar-refractivity contribution < 1.29 is 14.6 Å². The third-order valence-corrected chi connectivity index (χ3v) is 2.77. The van der Waals surface area contributed by atoms with Gasteiger partial charge in [-0.3, -0.25) is 4.79 Å². The molecule has 0 heterocycles. The van der Waals surface area contributed by atoms with E-state index in [1.165, 1.54) is 12.8 Å². The second kappa shape index (κ2) is 5.01. The van der Waals surface area contributed by atoms with Crippen LogP contribution >= 0.6 is 0 Å². The van der Waals surface area contributed by atoms with E-state index < -0.39 is 5.97 Å². The van der Waals surface area contributed by atoms with Crippen LogP contribution in [0.3, 0.4) is 0 Å². The van der Waals surface area contributed by atoms with Crippen LogP contribution < -0.4 is 4.74 Å². The molecule has 0 spiro atoms. The van der Waals surface area contributed by atoms with Crippen LogP contribution in [-0.2, 0) is 11.2 Å². The van der Waals surface area contributed by atoms with E-state index in [1.54, 1.807) is 12.1 Å². The quantitative estimate of drug-likeness (QED) is 0.801. The largest absolute Gasteiger partial charge is 0.494 e. The highest BCUT2D eigenvalue weighted by atomic mass is 16.5. The van der Waals surface area contributed by atoms with Crippen molar-refractivity contribution in [2.24, 2.45) is 5.92 Å². The second-order valence-electron chi connectivity index (χ2n) is 4.29. The molecule has 1 saturated carbocycles. The number of hydrogen-bond donors (Lipinski definition) is 1. The van der Waals surface area contributed by atoms with Gasteiger partial charge in [0.2, 0.25) is 0 Å². The highest BCUT2D eigenvalue weighted by Crippen LogP contribution is 2.32. The van der Waals surface area contributed by atoms with Gasteiger partial charge >= 0.3 is 5.97 Å². The molecule has 1 fully saturated rings. The minimum Gasteiger partial charge on any atom is -0.494 e. The summed E-state index contributed by atoms with van der Waals surface area (Å²) >= 11 is 0. The Morgan fingerprint density at radius 1 is 1.31 bits per heavy atom. The van der Waals surface area contributed by atoms with Crippen molar-refractivity contribution in [2.75, 3.05) is 6.61 Å². The molecule has 0 atom stereocenters. The maximum atomic E-state index is 10.5. The zero-order valence-corrected chi connectivity index (χ0v) is 9.19. The van der Waals surface area contributed by atoms with Gasteiger partial charge in [0.25, 0.3) is 0 Å². The lowest BCUT2D eigenvalue weighted by atomic mass is 10.1. The SMILES string of the molecule is O=C(O)Cc1ccc(OCCC2CC2)cc1. The van der Waals surface area contributed by atoms with Crippen LogP contribution in [0.15, 0.2) is 24.3 Å². The first kappa shape index (κ1) is 11.0. The molecule has 0 bridgehead atoms. The Hall–Kier alpha value is -1.51. The van der Waals surface area contributed by atoms with Gasteiger partial charge in [0, 0.05) is 0 Å². The third-order valence-electron chi connectivity index (χ3n) is 2.77. The van der Waals surface area contributed by atoms with Crippen molar-refractivity contribution in [1.29, 1.82) is 0 Å². The van der Waals surface area contributed by atoms with Gasteiger partial charge in [-0.05, 0) is 30.0 Å². The van der Waals surface area contributed by atoms with Crippen LogP contribution in [0.1, 0.15) is 24.8 Å². The zero-order chi connectivity index (χ0) is 11.4. The monoisotopic (exact) mass is 220 g/mol. The van der Waals surface area contributed by atoms with E-state index in [4.69, 9.17) is 9.84 Å². The highest BCUT2D eigenvalue weighted by Gasteiger charge is 2.20. The molecule has 3 nitrogen and oxygen atoms in total. The lowest BCUT2D eigenvalue weighted by molar-refractivity contribution is -0.136. The Bertz CT molecular complexity index is 352. The van der Waals surface area contributed by atoms with E-state index in [1.807, 2.05) is 12.1 Å². The summed E-state index contributed by atoms with van der Waals surface area (Å²) in [4.78, 5) is 10.5. The molecule has 0 unspecified atom stereocenters. The van der Waals surface area contributed by atoms with Crippen LogP contribution in [0, 0.1) is 5.92 Å². The standard InChI is InChI=1S/C13H16O3/c14-13(15)9-11-3-5-12(6-4-11)16-8-7-10-1-2-10/h3-6,10H,1-2,7-9H2,(H,14,15). The number of ether oxygens (including phenoxy) is 1. The number of aliphatic carboxylic acids is 1. The van der Waals surface area contributed by atoms with E-state index >= 15 is 0 Å². The molecular weight excluding hydrogens is 204 g/mol. The zero-order valence-electron chi connectivity index (χ0n) is 9.19. The fourth-order valence-electron chi connectivity index (χ4n) is 1.63. The van der Waals surface area contributed by atoms with Crippen molar-refractivity contribution >= 4 is 5.97 Å². The maximum Gasteiger partial charge on any atom is 0.307 e. The van der Waals surface area contributed by atoms with E-state index in [9.17, 15) is 4.79 Å². The first-order valence-corrected chi connectivity index (χ1v) is 5.67. The minimum atomic E-state index is -0.803. The summed E-state index contributed by atoms with van der Waals surface area (Å²) in [5.74, 6) is 0.906. The van der Waals surface area contributed by atoms with Gasteiger partial charge < -0.3 is 9.84 Å². The Morgan fingerprint density at radius 3 is 2.56 bits per heavy atom. The Morgan fingerprint density at radius 2 is 2.00 bits per heavy atom. The Kier molecular flexibility index (Phi) is 3.44. The lowest BCUT2D eigenvalue weighted by Crippen LogP contribution is -2.01. The summed E-state index contributed by atoms with van der Waals surface area (Å²) < 4.78 is 5.57. The van der Waals surface area contributed by atoms with Gasteiger partial charge in [-0.2, -0.15) is 0 Å². The number of benzene rings is 1. The van der Waals surface area contributed by atoms with Gasteiger partial charge in [0.05, 0.1) is 13.0 Å². The number of carbonyl (C=O) groups is 1. The normalized spacial score (nSPS) is 14.8. The van der Waals surface area contributed by atoms with Crippen molar-refractivity contribution in [3.63, 3.8) is 0 Å². The van der Waals surface area contributed by atoms with Gasteiger partial charge in [0.15, 0.2) is 0 Å². The predicted molar refractivity (Wildman–Crippen MR) is 60.6 cm³/mol. The van der Waals surface area contributed by atoms with E-state index in [0.29, 0.717) is 0 Å². The summed E-state index contributed by atoms with van der Waals surface area (Å²) in [5.41, 5.74) is 0.807. The molecule has 1 aromatic carbocycles. The molecule has 1 N–H and O–H groups in total. The van der Waals surface area contributed by atoms with Crippen molar-refractivity contribution in [1.82, 2.24) is 0 Å². The third kappa shape index (κ3) is 3.57. The topological polar surface area (TPSA) is 46.5 Å². The fourth-order valence-corrected chi connectivity index (χ4v) is 1.63. The number of carboxylic acid groups (broad SMARTS) is 1. The fraction of sp³-hybridized carbons (Fsp3) is 0.462. The highest BCUT2D eigenvalue weighted by molar-refractivity contribution is 5.70. The first-order chi connectivity index (χ1) is 7.74. The molecule has 16 heavy (non-hydrogen) atoms. The second-order valence-corrected chi connectivity index (χ2v) is 4.29. The van der Waals surface area contributed by atoms with Crippen molar-refractivity contribution in [3.05, 3.63) is 29.8 Å². The molecule has 0 aliphatic heterocycles. The van der Waals surface area contributed by atoms with E-state index in [0.717, 1.165) is 30.3 Å². The molecule has 2 rings (SSSR count). The minimum absolute atomic E-state index is 0.0718. The van der Waals surface area contributed by atoms with Crippen molar-refractivity contribution in [3.8, 4) is 5.75 Å². The Labute approximate surface area is 95.0 Å². The molecule has 86 valence electrons. The molecule has 0 amide bonds. The lowest BCUT2D eigenvalue weighted by Gasteiger charge is -2.05. The molecule has 0 radical (unpaired) electrons. The smallest absolute Gasteiger partial charge is 0.307 e. The number of rotatable bonds is 6. The van der Waals surface area contributed by atoms with Gasteiger partial charge in [0.1, 0.15) is 5.75 Å². The predicted octanol–water partition coefficient (Wildman–Crippen LogP) is 2.49. The average Bonchev–Trinajstić information content (AvgIpc) is 3.04. The van der Waals surface area contributed by atoms with Crippen LogP contribution in [0.25, 0.3) is 0 Å². The summed E-state index contributed by atoms with van der Waals surface area (Å²) in [5, 5.41) is 8.61. The maximum absolute atomic E-state index is 10.5. The summed E-state index contributed by atoms with van der Waals surface area (Å²) in [6.45, 7) is 0.767. The first-order valence-electron chi connectivity index (χ1n) is 5.67. The van der Waals surface area contributed by atoms with Crippen LogP contribution in [0.4, 0.5) is 0 Å². The molecule has 3 heteroatoms. The molecule has 1 aliphatic rings. The average molecular weight is 220 g/mol. The summed E-state index contributed by atoms with van der Waals surface area (Å²) in [6, 6.07) is 7.29. The Balaban J connectivity index is 1.78. The van der Waals surface area contributed by atoms with Gasteiger partial charge in [-0.15, -0.1) is 0 Å². The van der Waals surface area contributed by atoms with Crippen LogP contribution in [0.2, 0.25) is 0 Å². The molecule has 0 aromatic heterocycles. The van der Waals surface area contributed by atoms with Gasteiger partial charge in [-0.1, -0.05) is 25.0 Å². The van der Waals surface area contributed by atoms with Crippen LogP contribution in [-0.4, -0.2) is 17.7 Å². The molecular formula is C13H16O3. The molecule has 1 aromatic rings. The summed E-state index contributed by atoms with van der Waals surface area (Å²) in [7, 11) is 0. The molecule has 0 saturated heterocycles. The van der Waals surface area contributed by atoms with E-state index in [2.05, 4.69) is 0 Å². The van der Waals surface area contributed by atoms with Gasteiger partial charge in [-0.25, -0.2) is 0 Å². The summed E-state index contributed by atoms with van der Waals surface area (Å²) in [6.07, 6.45) is 3.90. The number of hydrogen-bond acceptors (Lipinski definition) is 2. The number of carboxylic acids is 1. The van der Waals surface area contributed by atoms with Crippen molar-refractivity contribution in [2.45, 2.75) is 25.7 Å². The molecule has 1 aliphatic carbocycles. The van der Waals surface area contributed by atoms with E-state index in [-0.39, 0.29) is 6.42 Å².